The van der Waals surface area contributed by atoms with Gasteiger partial charge in [-0.3, -0.25) is 9.59 Å². The van der Waals surface area contributed by atoms with E-state index in [0.717, 1.165) is 12.0 Å². The summed E-state index contributed by atoms with van der Waals surface area (Å²) in [6, 6.07) is 7.48. The van der Waals surface area contributed by atoms with E-state index >= 15 is 0 Å². The van der Waals surface area contributed by atoms with Gasteiger partial charge in [0.15, 0.2) is 0 Å². The fourth-order valence-electron chi connectivity index (χ4n) is 1.39. The summed E-state index contributed by atoms with van der Waals surface area (Å²) >= 11 is 5.76. The molecule has 0 saturated heterocycles. The smallest absolute Gasteiger partial charge is 0.306 e. The largest absolute Gasteiger partial charge is 0.481 e. The molecule has 0 saturated carbocycles. The lowest BCUT2D eigenvalue weighted by Gasteiger charge is -2.04. The van der Waals surface area contributed by atoms with Gasteiger partial charge < -0.3 is 9.84 Å². The average Bonchev–Trinajstić information content (AvgIpc) is 2.34. The molecule has 0 aliphatic rings. The number of hydrogen-bond donors (Lipinski definition) is 1. The Morgan fingerprint density at radius 3 is 2.44 bits per heavy atom. The first kappa shape index (κ1) is 14.5. The molecule has 0 heterocycles. The third kappa shape index (κ3) is 6.25. The summed E-state index contributed by atoms with van der Waals surface area (Å²) in [5.41, 5.74) is 1.13. The first-order chi connectivity index (χ1) is 8.58. The molecule has 0 aliphatic carbocycles. The predicted molar refractivity (Wildman–Crippen MR) is 67.6 cm³/mol. The highest BCUT2D eigenvalue weighted by Crippen LogP contribution is 2.10. The van der Waals surface area contributed by atoms with Gasteiger partial charge in [0.2, 0.25) is 0 Å². The van der Waals surface area contributed by atoms with Crippen LogP contribution in [0.1, 0.15) is 24.8 Å². The number of halogens is 1. The maximum atomic E-state index is 11.1. The molecule has 18 heavy (non-hydrogen) atoms. The Morgan fingerprint density at radius 1 is 1.17 bits per heavy atom. The number of carbonyl (C=O) groups is 2. The molecular weight excluding hydrogens is 256 g/mol. The average molecular weight is 271 g/mol. The number of rotatable bonds is 7. The van der Waals surface area contributed by atoms with Crippen LogP contribution in [0, 0.1) is 0 Å². The third-order valence-corrected chi connectivity index (χ3v) is 2.58. The number of aryl methyl sites for hydroxylation is 1. The summed E-state index contributed by atoms with van der Waals surface area (Å²) in [6.07, 6.45) is 1.25. The van der Waals surface area contributed by atoms with E-state index in [1.807, 2.05) is 24.3 Å². The number of aliphatic carboxylic acids is 1. The maximum absolute atomic E-state index is 11.1. The van der Waals surface area contributed by atoms with Gasteiger partial charge in [-0.1, -0.05) is 23.7 Å². The molecule has 0 fully saturated rings. The van der Waals surface area contributed by atoms with Crippen molar-refractivity contribution in [1.29, 1.82) is 0 Å². The van der Waals surface area contributed by atoms with E-state index < -0.39 is 11.9 Å². The second kappa shape index (κ2) is 7.71. The van der Waals surface area contributed by atoms with Gasteiger partial charge in [0.1, 0.15) is 0 Å². The van der Waals surface area contributed by atoms with Crippen molar-refractivity contribution in [3.05, 3.63) is 34.9 Å². The van der Waals surface area contributed by atoms with Crippen molar-refractivity contribution < 1.29 is 19.4 Å². The molecule has 0 aromatic heterocycles. The molecule has 0 atom stereocenters. The fraction of sp³-hybridized carbons (Fsp3) is 0.385. The zero-order valence-electron chi connectivity index (χ0n) is 9.89. The van der Waals surface area contributed by atoms with Crippen LogP contribution < -0.4 is 0 Å². The summed E-state index contributed by atoms with van der Waals surface area (Å²) < 4.78 is 4.91. The van der Waals surface area contributed by atoms with Gasteiger partial charge in [-0.2, -0.15) is 0 Å². The number of carboxylic acid groups (broad SMARTS) is 1. The second-order valence-electron chi connectivity index (χ2n) is 3.84. The molecule has 1 rings (SSSR count). The normalized spacial score (nSPS) is 10.1. The molecule has 0 amide bonds. The summed E-state index contributed by atoms with van der Waals surface area (Å²) in [5, 5.41) is 9.08. The van der Waals surface area contributed by atoms with Crippen molar-refractivity contribution in [2.45, 2.75) is 25.7 Å². The molecule has 0 bridgehead atoms. The molecule has 0 spiro atoms. The zero-order valence-corrected chi connectivity index (χ0v) is 10.7. The molecule has 5 heteroatoms. The summed E-state index contributed by atoms with van der Waals surface area (Å²) in [7, 11) is 0. The van der Waals surface area contributed by atoms with Gasteiger partial charge in [0.05, 0.1) is 19.4 Å². The minimum Gasteiger partial charge on any atom is -0.481 e. The standard InChI is InChI=1S/C13H15ClO4/c14-11-5-3-10(4-6-11)2-1-9-18-13(17)8-7-12(15)16/h3-6H,1-2,7-9H2,(H,15,16). The van der Waals surface area contributed by atoms with Crippen molar-refractivity contribution in [3.8, 4) is 0 Å². The highest BCUT2D eigenvalue weighted by atomic mass is 35.5. The number of ether oxygens (including phenoxy) is 1. The van der Waals surface area contributed by atoms with Crippen molar-refractivity contribution in [3.63, 3.8) is 0 Å². The first-order valence-corrected chi connectivity index (χ1v) is 6.07. The Bertz CT molecular complexity index is 400. The molecule has 0 aliphatic heterocycles. The Balaban J connectivity index is 2.13. The van der Waals surface area contributed by atoms with E-state index in [9.17, 15) is 9.59 Å². The molecule has 0 radical (unpaired) electrons. The van der Waals surface area contributed by atoms with E-state index in [-0.39, 0.29) is 12.8 Å². The highest BCUT2D eigenvalue weighted by molar-refractivity contribution is 6.30. The van der Waals surface area contributed by atoms with Crippen molar-refractivity contribution in [2.24, 2.45) is 0 Å². The number of benzene rings is 1. The number of esters is 1. The minimum absolute atomic E-state index is 0.0731. The van der Waals surface area contributed by atoms with Gasteiger partial charge >= 0.3 is 11.9 Å². The second-order valence-corrected chi connectivity index (χ2v) is 4.28. The van der Waals surface area contributed by atoms with Gasteiger partial charge in [0, 0.05) is 5.02 Å². The van der Waals surface area contributed by atoms with Crippen LogP contribution in [0.15, 0.2) is 24.3 Å². The van der Waals surface area contributed by atoms with Crippen LogP contribution in [-0.4, -0.2) is 23.7 Å². The SMILES string of the molecule is O=C(O)CCC(=O)OCCCc1ccc(Cl)cc1. The van der Waals surface area contributed by atoms with Crippen LogP contribution in [0.3, 0.4) is 0 Å². The Labute approximate surface area is 111 Å². The van der Waals surface area contributed by atoms with Crippen LogP contribution in [0.2, 0.25) is 5.02 Å². The topological polar surface area (TPSA) is 63.6 Å². The van der Waals surface area contributed by atoms with Gasteiger partial charge in [-0.05, 0) is 30.5 Å². The maximum Gasteiger partial charge on any atom is 0.306 e. The Kier molecular flexibility index (Phi) is 6.22. The fourth-order valence-corrected chi connectivity index (χ4v) is 1.52. The minimum atomic E-state index is -0.992. The molecule has 1 N–H and O–H groups in total. The molecular formula is C13H15ClO4. The number of hydrogen-bond acceptors (Lipinski definition) is 3. The summed E-state index contributed by atoms with van der Waals surface area (Å²) in [4.78, 5) is 21.3. The first-order valence-electron chi connectivity index (χ1n) is 5.70. The zero-order chi connectivity index (χ0) is 13.4. The molecule has 1 aromatic rings. The molecule has 98 valence electrons. The summed E-state index contributed by atoms with van der Waals surface area (Å²) in [6.45, 7) is 0.307. The van der Waals surface area contributed by atoms with Crippen LogP contribution >= 0.6 is 11.6 Å². The lowest BCUT2D eigenvalue weighted by Crippen LogP contribution is -2.08. The van der Waals surface area contributed by atoms with Crippen LogP contribution in [0.25, 0.3) is 0 Å². The van der Waals surface area contributed by atoms with Crippen molar-refractivity contribution >= 4 is 23.5 Å². The van der Waals surface area contributed by atoms with Gasteiger partial charge in [-0.25, -0.2) is 0 Å². The van der Waals surface area contributed by atoms with E-state index in [1.165, 1.54) is 0 Å². The quantitative estimate of drug-likeness (QED) is 0.611. The third-order valence-electron chi connectivity index (χ3n) is 2.33. The number of carboxylic acids is 1. The van der Waals surface area contributed by atoms with Gasteiger partial charge in [0.25, 0.3) is 0 Å². The Morgan fingerprint density at radius 2 is 1.83 bits per heavy atom. The lowest BCUT2D eigenvalue weighted by molar-refractivity contribution is -0.147. The lowest BCUT2D eigenvalue weighted by atomic mass is 10.1. The molecule has 0 unspecified atom stereocenters. The summed E-state index contributed by atoms with van der Waals surface area (Å²) in [5.74, 6) is -1.46. The van der Waals surface area contributed by atoms with E-state index in [0.29, 0.717) is 18.1 Å². The van der Waals surface area contributed by atoms with Crippen LogP contribution in [0.5, 0.6) is 0 Å². The molecule has 1 aromatic carbocycles. The van der Waals surface area contributed by atoms with Crippen LogP contribution in [0.4, 0.5) is 0 Å². The van der Waals surface area contributed by atoms with Crippen molar-refractivity contribution in [2.75, 3.05) is 6.61 Å². The van der Waals surface area contributed by atoms with E-state index in [1.54, 1.807) is 0 Å². The van der Waals surface area contributed by atoms with E-state index in [4.69, 9.17) is 21.4 Å². The van der Waals surface area contributed by atoms with E-state index in [2.05, 4.69) is 0 Å². The van der Waals surface area contributed by atoms with Gasteiger partial charge in [-0.15, -0.1) is 0 Å². The highest BCUT2D eigenvalue weighted by Gasteiger charge is 2.06. The molecule has 4 nitrogen and oxygen atoms in total. The predicted octanol–water partition coefficient (Wildman–Crippen LogP) is 2.68. The van der Waals surface area contributed by atoms with Crippen LogP contribution in [-0.2, 0) is 20.7 Å². The number of carbonyl (C=O) groups excluding carboxylic acids is 1. The monoisotopic (exact) mass is 270 g/mol. The Hall–Kier alpha value is -1.55. The van der Waals surface area contributed by atoms with Crippen molar-refractivity contribution in [1.82, 2.24) is 0 Å².